The first-order valence-electron chi connectivity index (χ1n) is 11.9. The summed E-state index contributed by atoms with van der Waals surface area (Å²) >= 11 is 9.63. The zero-order chi connectivity index (χ0) is 29.3. The highest BCUT2D eigenvalue weighted by molar-refractivity contribution is 9.09. The van der Waals surface area contributed by atoms with Crippen LogP contribution in [0, 0.1) is 11.8 Å². The van der Waals surface area contributed by atoms with E-state index in [0.29, 0.717) is 11.3 Å². The third-order valence-corrected chi connectivity index (χ3v) is 8.51. The second kappa shape index (κ2) is 9.81. The van der Waals surface area contributed by atoms with E-state index in [1.807, 2.05) is 0 Å². The highest BCUT2D eigenvalue weighted by Gasteiger charge is 2.64. The number of aromatic hydroxyl groups is 1. The van der Waals surface area contributed by atoms with Crippen LogP contribution in [-0.2, 0) is 25.6 Å². The van der Waals surface area contributed by atoms with Gasteiger partial charge in [0.1, 0.15) is 22.8 Å². The number of carbonyl (C=O) groups excluding carboxylic acids is 4. The van der Waals surface area contributed by atoms with Crippen LogP contribution in [0.25, 0.3) is 5.76 Å². The average Bonchev–Trinajstić information content (AvgIpc) is 2.83. The smallest absolute Gasteiger partial charge is 0.255 e. The number of phenols is 1. The number of aliphatic hydroxyl groups excluding tert-OH is 2. The Kier molecular flexibility index (Phi) is 7.26. The fraction of sp³-hybridized carbons (Fsp3) is 0.440. The Morgan fingerprint density at radius 1 is 1.18 bits per heavy atom. The second-order valence-corrected chi connectivity index (χ2v) is 11.2. The monoisotopic (exact) mass is 626 g/mol. The number of phenolic OH excluding ortho intramolecular Hbond substituents is 1. The number of hydrogen-bond donors (Lipinski definition) is 6. The molecule has 210 valence electrons. The molecule has 12 nitrogen and oxygen atoms in total. The standard InChI is InChI=1S/C25H28BrClN4O8/c1-30(2)17-9-5-8-6-10-18(31(3)4)21(35)14(24(28)38)23(37)25(10,39)22(36)12(8)19(33)13(9)20(34)16(15(17)27)29-11(32)7-26/h8,10,18,33-34,37,39H,5-7H2,1-4H3,(H2,28,38)(H,29,32)/t8?,10?,18-,25?/m0/s1. The lowest BCUT2D eigenvalue weighted by molar-refractivity contribution is -0.153. The number of aliphatic hydroxyl groups is 3. The number of rotatable bonds is 5. The number of halogens is 2. The molecule has 39 heavy (non-hydrogen) atoms. The molecule has 3 aliphatic carbocycles. The van der Waals surface area contributed by atoms with Gasteiger partial charge in [0.2, 0.25) is 11.7 Å². The normalized spacial score (nSPS) is 26.3. The van der Waals surface area contributed by atoms with E-state index in [1.54, 1.807) is 19.0 Å². The lowest BCUT2D eigenvalue weighted by Gasteiger charge is -2.50. The van der Waals surface area contributed by atoms with Crippen molar-refractivity contribution in [3.63, 3.8) is 0 Å². The summed E-state index contributed by atoms with van der Waals surface area (Å²) in [6.45, 7) is 0. The summed E-state index contributed by atoms with van der Waals surface area (Å²) in [5.74, 6) is -8.21. The van der Waals surface area contributed by atoms with Crippen LogP contribution in [0.1, 0.15) is 17.5 Å². The van der Waals surface area contributed by atoms with E-state index in [2.05, 4.69) is 21.2 Å². The van der Waals surface area contributed by atoms with Crippen LogP contribution >= 0.6 is 27.5 Å². The number of nitrogens with zero attached hydrogens (tertiary/aromatic N) is 2. The summed E-state index contributed by atoms with van der Waals surface area (Å²) in [4.78, 5) is 54.4. The molecule has 1 aromatic carbocycles. The van der Waals surface area contributed by atoms with Crippen molar-refractivity contribution in [1.29, 1.82) is 0 Å². The minimum Gasteiger partial charge on any atom is -0.508 e. The van der Waals surface area contributed by atoms with E-state index < -0.39 is 69.7 Å². The molecule has 14 heteroatoms. The van der Waals surface area contributed by atoms with E-state index in [9.17, 15) is 39.6 Å². The Morgan fingerprint density at radius 2 is 1.79 bits per heavy atom. The Balaban J connectivity index is 2.02. The maximum absolute atomic E-state index is 14.0. The molecule has 0 heterocycles. The fourth-order valence-electron chi connectivity index (χ4n) is 6.08. The third kappa shape index (κ3) is 4.01. The molecule has 7 N–H and O–H groups in total. The van der Waals surface area contributed by atoms with Crippen LogP contribution in [0.4, 0.5) is 11.4 Å². The minimum absolute atomic E-state index is 0.00568. The van der Waals surface area contributed by atoms with E-state index in [-0.39, 0.29) is 40.0 Å². The zero-order valence-electron chi connectivity index (χ0n) is 21.5. The Hall–Kier alpha value is -3.13. The number of ketones is 2. The highest BCUT2D eigenvalue weighted by Crippen LogP contribution is 2.56. The van der Waals surface area contributed by atoms with Gasteiger partial charge in [-0.25, -0.2) is 0 Å². The fourth-order valence-corrected chi connectivity index (χ4v) is 6.64. The van der Waals surface area contributed by atoms with Crippen molar-refractivity contribution in [2.75, 3.05) is 43.7 Å². The van der Waals surface area contributed by atoms with Crippen LogP contribution in [0.2, 0.25) is 5.02 Å². The predicted octanol–water partition coefficient (Wildman–Crippen LogP) is 1.02. The van der Waals surface area contributed by atoms with Gasteiger partial charge in [0.15, 0.2) is 17.1 Å². The molecule has 0 aliphatic heterocycles. The number of anilines is 2. The number of alkyl halides is 1. The maximum Gasteiger partial charge on any atom is 0.255 e. The second-order valence-electron chi connectivity index (χ2n) is 10.3. The number of amides is 2. The van der Waals surface area contributed by atoms with Gasteiger partial charge in [-0.2, -0.15) is 0 Å². The van der Waals surface area contributed by atoms with Gasteiger partial charge in [-0.1, -0.05) is 27.5 Å². The first-order valence-corrected chi connectivity index (χ1v) is 13.4. The van der Waals surface area contributed by atoms with Gasteiger partial charge in [0.05, 0.1) is 27.6 Å². The quantitative estimate of drug-likeness (QED) is 0.156. The van der Waals surface area contributed by atoms with Gasteiger partial charge in [0, 0.05) is 25.6 Å². The molecule has 1 saturated carbocycles. The number of likely N-dealkylation sites (N-methyl/N-ethyl adjacent to an activating group) is 1. The van der Waals surface area contributed by atoms with Gasteiger partial charge in [-0.15, -0.1) is 0 Å². The Morgan fingerprint density at radius 3 is 2.31 bits per heavy atom. The molecular formula is C25H28BrClN4O8. The van der Waals surface area contributed by atoms with Crippen molar-refractivity contribution in [2.45, 2.75) is 24.5 Å². The molecule has 2 amide bonds. The van der Waals surface area contributed by atoms with Gasteiger partial charge < -0.3 is 36.4 Å². The van der Waals surface area contributed by atoms with E-state index in [1.165, 1.54) is 19.0 Å². The maximum atomic E-state index is 14.0. The molecule has 4 rings (SSSR count). The summed E-state index contributed by atoms with van der Waals surface area (Å²) in [7, 11) is 6.40. The van der Waals surface area contributed by atoms with E-state index >= 15 is 0 Å². The molecule has 1 aromatic rings. The Bertz CT molecular complexity index is 1400. The molecule has 3 unspecified atom stereocenters. The number of fused-ring (bicyclic) bond motifs is 3. The van der Waals surface area contributed by atoms with Crippen LogP contribution in [0.3, 0.4) is 0 Å². The van der Waals surface area contributed by atoms with Crippen molar-refractivity contribution in [3.05, 3.63) is 33.1 Å². The first kappa shape index (κ1) is 28.9. The average molecular weight is 628 g/mol. The summed E-state index contributed by atoms with van der Waals surface area (Å²) < 4.78 is 0. The zero-order valence-corrected chi connectivity index (χ0v) is 23.8. The van der Waals surface area contributed by atoms with Crippen molar-refractivity contribution >= 4 is 68.0 Å². The van der Waals surface area contributed by atoms with Crippen molar-refractivity contribution in [1.82, 2.24) is 4.90 Å². The number of benzene rings is 1. The van der Waals surface area contributed by atoms with Crippen LogP contribution < -0.4 is 16.0 Å². The molecule has 0 aromatic heterocycles. The van der Waals surface area contributed by atoms with E-state index in [4.69, 9.17) is 17.3 Å². The molecule has 4 atom stereocenters. The number of hydrogen-bond acceptors (Lipinski definition) is 10. The number of nitrogens with two attached hydrogens (primary N) is 1. The summed E-state index contributed by atoms with van der Waals surface area (Å²) in [6.07, 6.45) is 0.00108. The largest absolute Gasteiger partial charge is 0.508 e. The number of carbonyl (C=O) groups is 4. The van der Waals surface area contributed by atoms with Crippen LogP contribution in [-0.4, -0.2) is 93.9 Å². The van der Waals surface area contributed by atoms with Gasteiger partial charge >= 0.3 is 0 Å². The molecular weight excluding hydrogens is 600 g/mol. The number of Topliss-reactive ketones (excluding diaryl/α,β-unsaturated/α-hetero) is 2. The lowest BCUT2D eigenvalue weighted by atomic mass is 9.57. The third-order valence-electron chi connectivity index (χ3n) is 7.63. The van der Waals surface area contributed by atoms with Gasteiger partial charge in [-0.05, 0) is 38.4 Å². The van der Waals surface area contributed by atoms with Crippen molar-refractivity contribution < 1.29 is 39.6 Å². The van der Waals surface area contributed by atoms with Gasteiger partial charge in [0.25, 0.3) is 5.91 Å². The molecule has 0 bridgehead atoms. The van der Waals surface area contributed by atoms with Gasteiger partial charge in [-0.3, -0.25) is 24.1 Å². The molecule has 0 spiro atoms. The molecule has 3 aliphatic rings. The number of nitrogens with one attached hydrogen (secondary N) is 1. The topological polar surface area (TPSA) is 194 Å². The first-order chi connectivity index (χ1) is 18.1. The SMILES string of the molecule is CN(C)c1c(Cl)c(NC(=O)CBr)c(O)c2c1CC1CC3[C@H](N(C)C)C(=O)C(C(N)=O)=C(O)C3(O)C(=O)C1=C2O. The van der Waals surface area contributed by atoms with E-state index in [0.717, 1.165) is 0 Å². The summed E-state index contributed by atoms with van der Waals surface area (Å²) in [6, 6.07) is -1.19. The van der Waals surface area contributed by atoms with Crippen LogP contribution in [0.5, 0.6) is 5.75 Å². The Labute approximate surface area is 236 Å². The molecule has 0 radical (unpaired) electrons. The summed E-state index contributed by atoms with van der Waals surface area (Å²) in [5, 5.41) is 47.6. The highest BCUT2D eigenvalue weighted by atomic mass is 79.9. The van der Waals surface area contributed by atoms with Crippen LogP contribution in [0.15, 0.2) is 16.9 Å². The molecule has 0 saturated heterocycles. The minimum atomic E-state index is -2.75. The van der Waals surface area contributed by atoms with Crippen molar-refractivity contribution in [3.8, 4) is 5.75 Å². The molecule has 1 fully saturated rings. The number of primary amides is 1. The van der Waals surface area contributed by atoms with Crippen molar-refractivity contribution in [2.24, 2.45) is 17.6 Å². The summed E-state index contributed by atoms with van der Waals surface area (Å²) in [5.41, 5.74) is 1.78. The lowest BCUT2D eigenvalue weighted by Crippen LogP contribution is -2.65. The predicted molar refractivity (Wildman–Crippen MR) is 146 cm³/mol.